The van der Waals surface area contributed by atoms with Crippen LogP contribution in [-0.4, -0.2) is 9.91 Å². The molecular formula is C21H22ClN3O2S. The predicted molar refractivity (Wildman–Crippen MR) is 115 cm³/mol. The number of nitro groups is 1. The molecule has 3 rings (SSSR count). The van der Waals surface area contributed by atoms with Crippen molar-refractivity contribution >= 4 is 28.1 Å². The molecule has 7 heteroatoms. The molecule has 5 nitrogen and oxygen atoms in total. The minimum absolute atomic E-state index is 0.172. The average Bonchev–Trinajstić information content (AvgIpc) is 3.05. The molecule has 0 bridgehead atoms. The lowest BCUT2D eigenvalue weighted by Crippen LogP contribution is -2.20. The summed E-state index contributed by atoms with van der Waals surface area (Å²) in [6, 6.07) is 16.6. The standard InChI is InChI=1S/C21H22ClN3O2S/c1-21(2,3)18-17(13-14-9-11-16(22)12-10-14)28-20(23-18)24-19(25(26)27)15-7-5-4-6-8-15/h4-12,19H,13H2,1-3H3,(H,23,24). The maximum atomic E-state index is 11.6. The Morgan fingerprint density at radius 1 is 1.14 bits per heavy atom. The van der Waals surface area contributed by atoms with Crippen LogP contribution in [0, 0.1) is 10.1 Å². The van der Waals surface area contributed by atoms with Gasteiger partial charge in [0, 0.05) is 27.3 Å². The van der Waals surface area contributed by atoms with Crippen molar-refractivity contribution in [3.05, 3.63) is 91.4 Å². The number of rotatable bonds is 6. The van der Waals surface area contributed by atoms with Gasteiger partial charge < -0.3 is 0 Å². The van der Waals surface area contributed by atoms with E-state index < -0.39 is 6.17 Å². The lowest BCUT2D eigenvalue weighted by atomic mass is 9.90. The Morgan fingerprint density at radius 2 is 1.79 bits per heavy atom. The fourth-order valence-corrected chi connectivity index (χ4v) is 4.27. The molecule has 0 aliphatic carbocycles. The molecule has 1 atom stereocenters. The van der Waals surface area contributed by atoms with E-state index in [1.807, 2.05) is 30.3 Å². The quantitative estimate of drug-likeness (QED) is 0.301. The van der Waals surface area contributed by atoms with E-state index in [0.717, 1.165) is 16.1 Å². The average molecular weight is 416 g/mol. The molecule has 1 unspecified atom stereocenters. The highest BCUT2D eigenvalue weighted by Gasteiger charge is 2.27. The molecule has 28 heavy (non-hydrogen) atoms. The van der Waals surface area contributed by atoms with Crippen LogP contribution in [0.1, 0.15) is 48.6 Å². The molecule has 0 saturated carbocycles. The first-order valence-corrected chi connectivity index (χ1v) is 10.1. The highest BCUT2D eigenvalue weighted by molar-refractivity contribution is 7.15. The van der Waals surface area contributed by atoms with E-state index >= 15 is 0 Å². The van der Waals surface area contributed by atoms with Crippen LogP contribution < -0.4 is 5.32 Å². The van der Waals surface area contributed by atoms with Crippen molar-refractivity contribution in [3.8, 4) is 0 Å². The van der Waals surface area contributed by atoms with Crippen LogP contribution in [-0.2, 0) is 11.8 Å². The van der Waals surface area contributed by atoms with Gasteiger partial charge in [-0.05, 0) is 17.7 Å². The summed E-state index contributed by atoms with van der Waals surface area (Å²) >= 11 is 7.45. The van der Waals surface area contributed by atoms with E-state index in [4.69, 9.17) is 16.6 Å². The highest BCUT2D eigenvalue weighted by Crippen LogP contribution is 2.35. The molecule has 146 valence electrons. The summed E-state index contributed by atoms with van der Waals surface area (Å²) in [6.07, 6.45) is -0.332. The first-order valence-electron chi connectivity index (χ1n) is 8.93. The maximum absolute atomic E-state index is 11.6. The second-order valence-corrected chi connectivity index (χ2v) is 9.11. The van der Waals surface area contributed by atoms with Crippen LogP contribution >= 0.6 is 22.9 Å². The Hall–Kier alpha value is -2.44. The summed E-state index contributed by atoms with van der Waals surface area (Å²) in [7, 11) is 0. The largest absolute Gasteiger partial charge is 0.312 e. The van der Waals surface area contributed by atoms with Gasteiger partial charge >= 0.3 is 6.17 Å². The number of aromatic nitrogens is 1. The summed E-state index contributed by atoms with van der Waals surface area (Å²) in [5, 5.41) is 15.9. The minimum atomic E-state index is -1.04. The van der Waals surface area contributed by atoms with Crippen molar-refractivity contribution in [3.63, 3.8) is 0 Å². The molecule has 0 aliphatic rings. The number of nitrogens with one attached hydrogen (secondary N) is 1. The van der Waals surface area contributed by atoms with Crippen molar-refractivity contribution < 1.29 is 4.92 Å². The zero-order chi connectivity index (χ0) is 20.3. The monoisotopic (exact) mass is 415 g/mol. The van der Waals surface area contributed by atoms with Crippen molar-refractivity contribution in [1.29, 1.82) is 0 Å². The van der Waals surface area contributed by atoms with E-state index in [0.29, 0.717) is 22.1 Å². The fraction of sp³-hybridized carbons (Fsp3) is 0.286. The lowest BCUT2D eigenvalue weighted by Gasteiger charge is -2.17. The van der Waals surface area contributed by atoms with Crippen LogP contribution in [0.25, 0.3) is 0 Å². The van der Waals surface area contributed by atoms with E-state index in [1.54, 1.807) is 24.3 Å². The second-order valence-electron chi connectivity index (χ2n) is 7.59. The highest BCUT2D eigenvalue weighted by atomic mass is 35.5. The number of benzene rings is 2. The number of thiazole rings is 1. The minimum Gasteiger partial charge on any atom is -0.295 e. The van der Waals surface area contributed by atoms with Gasteiger partial charge in [0.15, 0.2) is 5.13 Å². The van der Waals surface area contributed by atoms with Crippen LogP contribution in [0.4, 0.5) is 5.13 Å². The molecule has 1 heterocycles. The fourth-order valence-electron chi connectivity index (χ4n) is 2.92. The zero-order valence-electron chi connectivity index (χ0n) is 16.0. The van der Waals surface area contributed by atoms with Gasteiger partial charge in [0.2, 0.25) is 0 Å². The van der Waals surface area contributed by atoms with Gasteiger partial charge in [-0.3, -0.25) is 15.4 Å². The molecule has 0 spiro atoms. The molecule has 0 fully saturated rings. The third-order valence-corrected chi connectivity index (χ3v) is 5.51. The number of hydrogen-bond donors (Lipinski definition) is 1. The molecule has 1 aromatic heterocycles. The van der Waals surface area contributed by atoms with Gasteiger partial charge in [0.1, 0.15) is 0 Å². The van der Waals surface area contributed by atoms with E-state index in [9.17, 15) is 10.1 Å². The number of nitrogens with zero attached hydrogens (tertiary/aromatic N) is 2. The molecule has 0 amide bonds. The van der Waals surface area contributed by atoms with Crippen molar-refractivity contribution in [2.45, 2.75) is 38.8 Å². The number of anilines is 1. The first-order chi connectivity index (χ1) is 13.2. The summed E-state index contributed by atoms with van der Waals surface area (Å²) in [6.45, 7) is 6.29. The Bertz CT molecular complexity index is 950. The summed E-state index contributed by atoms with van der Waals surface area (Å²) in [5.41, 5.74) is 2.50. The van der Waals surface area contributed by atoms with Crippen LogP contribution in [0.3, 0.4) is 0 Å². The molecule has 0 radical (unpaired) electrons. The molecule has 3 aromatic rings. The van der Waals surface area contributed by atoms with Crippen molar-refractivity contribution in [1.82, 2.24) is 4.98 Å². The van der Waals surface area contributed by atoms with E-state index in [1.165, 1.54) is 11.3 Å². The Kier molecular flexibility index (Phi) is 6.01. The van der Waals surface area contributed by atoms with E-state index in [2.05, 4.69) is 26.1 Å². The molecule has 0 aliphatic heterocycles. The van der Waals surface area contributed by atoms with Gasteiger partial charge in [-0.25, -0.2) is 4.98 Å². The molecular weight excluding hydrogens is 394 g/mol. The Labute approximate surface area is 173 Å². The van der Waals surface area contributed by atoms with Gasteiger partial charge in [-0.15, -0.1) is 11.3 Å². The smallest absolute Gasteiger partial charge is 0.295 e. The summed E-state index contributed by atoms with van der Waals surface area (Å²) in [5.74, 6) is 0. The molecule has 1 N–H and O–H groups in total. The Morgan fingerprint density at radius 3 is 2.36 bits per heavy atom. The first kappa shape index (κ1) is 20.3. The molecule has 2 aromatic carbocycles. The van der Waals surface area contributed by atoms with Gasteiger partial charge in [-0.1, -0.05) is 74.8 Å². The Balaban J connectivity index is 1.92. The van der Waals surface area contributed by atoms with E-state index in [-0.39, 0.29) is 10.3 Å². The topological polar surface area (TPSA) is 68.1 Å². The third-order valence-electron chi connectivity index (χ3n) is 4.27. The zero-order valence-corrected chi connectivity index (χ0v) is 17.6. The lowest BCUT2D eigenvalue weighted by molar-refractivity contribution is -0.521. The number of hydrogen-bond acceptors (Lipinski definition) is 5. The van der Waals surface area contributed by atoms with Gasteiger partial charge in [0.25, 0.3) is 0 Å². The second kappa shape index (κ2) is 8.29. The summed E-state index contributed by atoms with van der Waals surface area (Å²) < 4.78 is 0. The van der Waals surface area contributed by atoms with Crippen molar-refractivity contribution in [2.75, 3.05) is 5.32 Å². The maximum Gasteiger partial charge on any atom is 0.312 e. The SMILES string of the molecule is CC(C)(C)c1nc(NC(c2ccccc2)[N+](=O)[O-])sc1Cc1ccc(Cl)cc1. The van der Waals surface area contributed by atoms with Gasteiger partial charge in [-0.2, -0.15) is 0 Å². The van der Waals surface area contributed by atoms with Crippen LogP contribution in [0.2, 0.25) is 5.02 Å². The van der Waals surface area contributed by atoms with Crippen LogP contribution in [0.15, 0.2) is 54.6 Å². The third kappa shape index (κ3) is 4.88. The van der Waals surface area contributed by atoms with Gasteiger partial charge in [0.05, 0.1) is 10.6 Å². The predicted octanol–water partition coefficient (Wildman–Crippen LogP) is 6.07. The summed E-state index contributed by atoms with van der Waals surface area (Å²) in [4.78, 5) is 17.1. The normalized spacial score (nSPS) is 12.6. The number of halogens is 1. The van der Waals surface area contributed by atoms with Crippen molar-refractivity contribution in [2.24, 2.45) is 0 Å². The van der Waals surface area contributed by atoms with Crippen LogP contribution in [0.5, 0.6) is 0 Å². The molecule has 0 saturated heterocycles.